The third-order valence-electron chi connectivity index (χ3n) is 4.12. The number of amides is 1. The van der Waals surface area contributed by atoms with Crippen LogP contribution in [0.2, 0.25) is 0 Å². The molecular weight excluding hydrogens is 328 g/mol. The molecular formula is C16H20N4O3S. The largest absolute Gasteiger partial charge is 0.326 e. The van der Waals surface area contributed by atoms with E-state index in [0.717, 1.165) is 5.56 Å². The van der Waals surface area contributed by atoms with E-state index in [4.69, 9.17) is 0 Å². The van der Waals surface area contributed by atoms with E-state index in [1.165, 1.54) is 6.07 Å². The van der Waals surface area contributed by atoms with Crippen LogP contribution in [0.25, 0.3) is 0 Å². The second kappa shape index (κ2) is 5.71. The first kappa shape index (κ1) is 16.7. The van der Waals surface area contributed by atoms with Gasteiger partial charge in [-0.05, 0) is 29.8 Å². The summed E-state index contributed by atoms with van der Waals surface area (Å²) >= 11 is 0. The molecule has 0 saturated heterocycles. The highest BCUT2D eigenvalue weighted by atomic mass is 32.2. The minimum Gasteiger partial charge on any atom is -0.326 e. The van der Waals surface area contributed by atoms with E-state index in [-0.39, 0.29) is 17.3 Å². The predicted octanol–water partition coefficient (Wildman–Crippen LogP) is 1.52. The van der Waals surface area contributed by atoms with Crippen molar-refractivity contribution in [3.8, 4) is 0 Å². The zero-order valence-corrected chi connectivity index (χ0v) is 14.6. The van der Waals surface area contributed by atoms with E-state index < -0.39 is 15.4 Å². The Kier molecular flexibility index (Phi) is 3.97. The molecule has 8 heteroatoms. The highest BCUT2D eigenvalue weighted by Gasteiger charge is 2.33. The summed E-state index contributed by atoms with van der Waals surface area (Å²) in [6.45, 7) is 3.99. The summed E-state index contributed by atoms with van der Waals surface area (Å²) < 4.78 is 29.3. The molecule has 7 nitrogen and oxygen atoms in total. The maximum atomic E-state index is 12.5. The van der Waals surface area contributed by atoms with Crippen molar-refractivity contribution in [3.05, 3.63) is 41.7 Å². The van der Waals surface area contributed by atoms with E-state index in [2.05, 4.69) is 15.1 Å². The van der Waals surface area contributed by atoms with Crippen LogP contribution in [0.4, 0.5) is 5.69 Å². The number of benzene rings is 1. The number of aromatic nitrogens is 2. The number of hydrogen-bond donors (Lipinski definition) is 2. The van der Waals surface area contributed by atoms with Crippen molar-refractivity contribution in [2.75, 3.05) is 5.32 Å². The number of rotatable bonds is 4. The number of fused-ring (bicyclic) bond motifs is 1. The average Bonchev–Trinajstić information content (AvgIpc) is 2.89. The number of nitrogens with one attached hydrogen (secondary N) is 2. The fourth-order valence-electron chi connectivity index (χ4n) is 2.86. The smallest absolute Gasteiger partial charge is 0.240 e. The van der Waals surface area contributed by atoms with Gasteiger partial charge in [0.05, 0.1) is 17.1 Å². The SMILES string of the molecule is Cn1ccc(CNS(=O)(=O)c2ccc3c(c2)C(C)(C)CC(=O)N3)n1. The van der Waals surface area contributed by atoms with Crippen LogP contribution in [0.3, 0.4) is 0 Å². The summed E-state index contributed by atoms with van der Waals surface area (Å²) in [6.07, 6.45) is 2.08. The number of sulfonamides is 1. The molecule has 0 radical (unpaired) electrons. The lowest BCUT2D eigenvalue weighted by Gasteiger charge is -2.32. The van der Waals surface area contributed by atoms with Crippen molar-refractivity contribution < 1.29 is 13.2 Å². The third kappa shape index (κ3) is 3.20. The Labute approximate surface area is 141 Å². The number of nitrogens with zero attached hydrogens (tertiary/aromatic N) is 2. The quantitative estimate of drug-likeness (QED) is 0.876. The highest BCUT2D eigenvalue weighted by Crippen LogP contribution is 2.38. The van der Waals surface area contributed by atoms with Gasteiger partial charge in [-0.3, -0.25) is 9.48 Å². The monoisotopic (exact) mass is 348 g/mol. The molecule has 3 rings (SSSR count). The minimum atomic E-state index is -3.66. The predicted molar refractivity (Wildman–Crippen MR) is 89.9 cm³/mol. The Morgan fingerprint density at radius 2 is 2.08 bits per heavy atom. The first-order valence-corrected chi connectivity index (χ1v) is 9.08. The zero-order chi connectivity index (χ0) is 17.5. The van der Waals surface area contributed by atoms with Gasteiger partial charge in [-0.15, -0.1) is 0 Å². The van der Waals surface area contributed by atoms with Crippen molar-refractivity contribution in [3.63, 3.8) is 0 Å². The first-order chi connectivity index (χ1) is 11.2. The number of aryl methyl sites for hydroxylation is 1. The van der Waals surface area contributed by atoms with Crippen LogP contribution in [-0.4, -0.2) is 24.1 Å². The average molecular weight is 348 g/mol. The van der Waals surface area contributed by atoms with Crippen LogP contribution in [-0.2, 0) is 33.8 Å². The second-order valence-electron chi connectivity index (χ2n) is 6.62. The molecule has 1 aliphatic rings. The molecule has 1 aliphatic heterocycles. The van der Waals surface area contributed by atoms with Crippen molar-refractivity contribution in [2.45, 2.75) is 37.1 Å². The second-order valence-corrected chi connectivity index (χ2v) is 8.39. The number of carbonyl (C=O) groups is 1. The first-order valence-electron chi connectivity index (χ1n) is 7.60. The molecule has 1 aromatic heterocycles. The molecule has 2 N–H and O–H groups in total. The van der Waals surface area contributed by atoms with Crippen LogP contribution < -0.4 is 10.0 Å². The Morgan fingerprint density at radius 1 is 1.33 bits per heavy atom. The van der Waals surface area contributed by atoms with E-state index >= 15 is 0 Å². The van der Waals surface area contributed by atoms with E-state index in [1.807, 2.05) is 13.8 Å². The van der Waals surface area contributed by atoms with Gasteiger partial charge in [0.25, 0.3) is 0 Å². The van der Waals surface area contributed by atoms with Gasteiger partial charge in [0, 0.05) is 30.8 Å². The van der Waals surface area contributed by atoms with Gasteiger partial charge in [0.15, 0.2) is 0 Å². The van der Waals surface area contributed by atoms with Crippen molar-refractivity contribution in [1.82, 2.24) is 14.5 Å². The zero-order valence-electron chi connectivity index (χ0n) is 13.8. The van der Waals surface area contributed by atoms with Gasteiger partial charge >= 0.3 is 0 Å². The molecule has 0 unspecified atom stereocenters. The topological polar surface area (TPSA) is 93.1 Å². The molecule has 0 saturated carbocycles. The lowest BCUT2D eigenvalue weighted by atomic mass is 9.78. The Bertz CT molecular complexity index is 900. The van der Waals surface area contributed by atoms with Gasteiger partial charge < -0.3 is 5.32 Å². The lowest BCUT2D eigenvalue weighted by Crippen LogP contribution is -2.33. The molecule has 2 aromatic rings. The Balaban J connectivity index is 1.88. The van der Waals surface area contributed by atoms with Crippen molar-refractivity contribution >= 4 is 21.6 Å². The van der Waals surface area contributed by atoms with Gasteiger partial charge in [-0.2, -0.15) is 5.10 Å². The normalized spacial score (nSPS) is 16.5. The molecule has 0 atom stereocenters. The van der Waals surface area contributed by atoms with Crippen LogP contribution >= 0.6 is 0 Å². The van der Waals surface area contributed by atoms with E-state index in [1.54, 1.807) is 36.1 Å². The summed E-state index contributed by atoms with van der Waals surface area (Å²) in [5.74, 6) is -0.0589. The molecule has 1 aromatic carbocycles. The maximum absolute atomic E-state index is 12.5. The summed E-state index contributed by atoms with van der Waals surface area (Å²) in [5.41, 5.74) is 1.72. The number of hydrogen-bond acceptors (Lipinski definition) is 4. The van der Waals surface area contributed by atoms with Gasteiger partial charge in [0.2, 0.25) is 15.9 Å². The van der Waals surface area contributed by atoms with Crippen LogP contribution in [0.15, 0.2) is 35.4 Å². The summed E-state index contributed by atoms with van der Waals surface area (Å²) in [5, 5.41) is 6.94. The lowest BCUT2D eigenvalue weighted by molar-refractivity contribution is -0.117. The Hall–Kier alpha value is -2.19. The molecule has 2 heterocycles. The number of anilines is 1. The van der Waals surface area contributed by atoms with E-state index in [9.17, 15) is 13.2 Å². The standard InChI is InChI=1S/C16H20N4O3S/c1-16(2)9-15(21)18-14-5-4-12(8-13(14)16)24(22,23)17-10-11-6-7-20(3)19-11/h4-8,17H,9-10H2,1-3H3,(H,18,21). The third-order valence-corrected chi connectivity index (χ3v) is 5.52. The molecule has 0 spiro atoms. The van der Waals surface area contributed by atoms with Crippen LogP contribution in [0, 0.1) is 0 Å². The molecule has 0 fully saturated rings. The molecule has 1 amide bonds. The summed E-state index contributed by atoms with van der Waals surface area (Å²) in [4.78, 5) is 11.9. The van der Waals surface area contributed by atoms with Gasteiger partial charge in [-0.25, -0.2) is 13.1 Å². The number of carbonyl (C=O) groups excluding carboxylic acids is 1. The highest BCUT2D eigenvalue weighted by molar-refractivity contribution is 7.89. The van der Waals surface area contributed by atoms with Crippen molar-refractivity contribution in [1.29, 1.82) is 0 Å². The molecule has 128 valence electrons. The van der Waals surface area contributed by atoms with E-state index in [0.29, 0.717) is 17.8 Å². The fraction of sp³-hybridized carbons (Fsp3) is 0.375. The maximum Gasteiger partial charge on any atom is 0.240 e. The minimum absolute atomic E-state index is 0.0589. The summed E-state index contributed by atoms with van der Waals surface area (Å²) in [7, 11) is -1.88. The van der Waals surface area contributed by atoms with Crippen LogP contribution in [0.5, 0.6) is 0 Å². The van der Waals surface area contributed by atoms with Crippen molar-refractivity contribution in [2.24, 2.45) is 7.05 Å². The summed E-state index contributed by atoms with van der Waals surface area (Å²) in [6, 6.07) is 6.54. The van der Waals surface area contributed by atoms with Crippen LogP contribution in [0.1, 0.15) is 31.5 Å². The fourth-order valence-corrected chi connectivity index (χ4v) is 3.88. The molecule has 24 heavy (non-hydrogen) atoms. The Morgan fingerprint density at radius 3 is 2.75 bits per heavy atom. The van der Waals surface area contributed by atoms with Gasteiger partial charge in [-0.1, -0.05) is 13.8 Å². The molecule has 0 bridgehead atoms. The van der Waals surface area contributed by atoms with Gasteiger partial charge in [0.1, 0.15) is 0 Å². The molecule has 0 aliphatic carbocycles.